The molecule has 0 radical (unpaired) electrons. The second-order valence-corrected chi connectivity index (χ2v) is 5.55. The topological polar surface area (TPSA) is 92.5 Å². The molecule has 2 fully saturated rings. The molecule has 4 rings (SSSR count). The Morgan fingerprint density at radius 1 is 1.39 bits per heavy atom. The minimum Gasteiger partial charge on any atom is -0.369 e. The van der Waals surface area contributed by atoms with Crippen molar-refractivity contribution in [2.24, 2.45) is 11.3 Å². The second kappa shape index (κ2) is 3.34. The van der Waals surface area contributed by atoms with Gasteiger partial charge in [0.15, 0.2) is 5.65 Å². The summed E-state index contributed by atoms with van der Waals surface area (Å²) in [5.74, 6) is 2.02. The highest BCUT2D eigenvalue weighted by Gasteiger charge is 2.53. The number of hydrogen-bond donors (Lipinski definition) is 3. The Labute approximate surface area is 104 Å². The summed E-state index contributed by atoms with van der Waals surface area (Å²) in [6.07, 6.45) is 7.23. The maximum absolute atomic E-state index is 5.70. The van der Waals surface area contributed by atoms with Crippen LogP contribution in [0.3, 0.4) is 0 Å². The third-order valence-corrected chi connectivity index (χ3v) is 4.27. The number of aromatic nitrogens is 4. The summed E-state index contributed by atoms with van der Waals surface area (Å²) in [5, 5.41) is 11.2. The lowest BCUT2D eigenvalue weighted by molar-refractivity contribution is 0.466. The predicted octanol–water partition coefficient (Wildman–Crippen LogP) is 1.54. The quantitative estimate of drug-likeness (QED) is 0.758. The van der Waals surface area contributed by atoms with Crippen molar-refractivity contribution >= 4 is 22.8 Å². The molecule has 0 spiro atoms. The Bertz CT molecular complexity index is 596. The largest absolute Gasteiger partial charge is 0.369 e. The van der Waals surface area contributed by atoms with E-state index in [1.54, 1.807) is 6.20 Å². The molecule has 0 saturated heterocycles. The standard InChI is InChI=1S/C12H16N6/c13-11-16-9(8-5-15-18-10(8)17-11)14-6-12(3-4-12)7-1-2-7/h5,7H,1-4,6H2,(H4,13,14,15,16,17,18). The van der Waals surface area contributed by atoms with Crippen molar-refractivity contribution in [1.29, 1.82) is 0 Å². The summed E-state index contributed by atoms with van der Waals surface area (Å²) < 4.78 is 0. The molecule has 2 aliphatic carbocycles. The van der Waals surface area contributed by atoms with E-state index in [9.17, 15) is 0 Å². The average Bonchev–Trinajstić information content (AvgIpc) is 3.23. The molecular formula is C12H16N6. The van der Waals surface area contributed by atoms with Gasteiger partial charge in [-0.05, 0) is 37.0 Å². The third kappa shape index (κ3) is 1.52. The van der Waals surface area contributed by atoms with E-state index < -0.39 is 0 Å². The van der Waals surface area contributed by atoms with Crippen LogP contribution in [0, 0.1) is 11.3 Å². The molecular weight excluding hydrogens is 228 g/mol. The Hall–Kier alpha value is -1.85. The zero-order chi connectivity index (χ0) is 12.2. The first-order valence-electron chi connectivity index (χ1n) is 6.47. The molecule has 2 saturated carbocycles. The number of nitrogens with one attached hydrogen (secondary N) is 2. The highest BCUT2D eigenvalue weighted by atomic mass is 15.2. The Balaban J connectivity index is 1.60. The first kappa shape index (κ1) is 10.1. The first-order chi connectivity index (χ1) is 8.77. The van der Waals surface area contributed by atoms with Crippen molar-refractivity contribution in [3.8, 4) is 0 Å². The minimum atomic E-state index is 0.283. The number of nitrogen functional groups attached to an aromatic ring is 1. The number of hydrogen-bond acceptors (Lipinski definition) is 5. The molecule has 4 N–H and O–H groups in total. The smallest absolute Gasteiger partial charge is 0.224 e. The van der Waals surface area contributed by atoms with Gasteiger partial charge in [-0.2, -0.15) is 15.1 Å². The molecule has 6 heteroatoms. The van der Waals surface area contributed by atoms with E-state index in [-0.39, 0.29) is 5.95 Å². The van der Waals surface area contributed by atoms with E-state index >= 15 is 0 Å². The lowest BCUT2D eigenvalue weighted by atomic mass is 10.0. The van der Waals surface area contributed by atoms with Gasteiger partial charge < -0.3 is 11.1 Å². The lowest BCUT2D eigenvalue weighted by Gasteiger charge is -2.15. The van der Waals surface area contributed by atoms with Gasteiger partial charge in [0.2, 0.25) is 5.95 Å². The molecule has 0 unspecified atom stereocenters. The van der Waals surface area contributed by atoms with Gasteiger partial charge in [0.25, 0.3) is 0 Å². The maximum Gasteiger partial charge on any atom is 0.224 e. The van der Waals surface area contributed by atoms with Crippen LogP contribution in [-0.4, -0.2) is 26.7 Å². The van der Waals surface area contributed by atoms with Crippen LogP contribution >= 0.6 is 0 Å². The fourth-order valence-corrected chi connectivity index (χ4v) is 2.83. The van der Waals surface area contributed by atoms with Crippen LogP contribution in [0.2, 0.25) is 0 Å². The number of nitrogens with zero attached hydrogens (tertiary/aromatic N) is 3. The molecule has 2 aromatic heterocycles. The Morgan fingerprint density at radius 3 is 2.94 bits per heavy atom. The first-order valence-corrected chi connectivity index (χ1v) is 6.47. The number of rotatable bonds is 4. The molecule has 2 aromatic rings. The number of aromatic amines is 1. The number of H-pyrrole nitrogens is 1. The van der Waals surface area contributed by atoms with E-state index in [1.165, 1.54) is 25.7 Å². The van der Waals surface area contributed by atoms with Gasteiger partial charge in [0.05, 0.1) is 11.6 Å². The summed E-state index contributed by atoms with van der Waals surface area (Å²) in [7, 11) is 0. The zero-order valence-electron chi connectivity index (χ0n) is 10.1. The molecule has 2 heterocycles. The van der Waals surface area contributed by atoms with E-state index in [0.717, 1.165) is 23.7 Å². The van der Waals surface area contributed by atoms with E-state index in [1.807, 2.05) is 0 Å². The fraction of sp³-hybridized carbons (Fsp3) is 0.583. The van der Waals surface area contributed by atoms with E-state index in [0.29, 0.717) is 11.1 Å². The van der Waals surface area contributed by atoms with Crippen molar-refractivity contribution < 1.29 is 0 Å². The normalized spacial score (nSPS) is 21.1. The van der Waals surface area contributed by atoms with Crippen LogP contribution in [0.5, 0.6) is 0 Å². The number of nitrogens with two attached hydrogens (primary N) is 1. The predicted molar refractivity (Wildman–Crippen MR) is 69.0 cm³/mol. The molecule has 0 amide bonds. The van der Waals surface area contributed by atoms with Crippen LogP contribution in [0.25, 0.3) is 11.0 Å². The zero-order valence-corrected chi connectivity index (χ0v) is 10.1. The summed E-state index contributed by atoms with van der Waals surface area (Å²) >= 11 is 0. The van der Waals surface area contributed by atoms with Gasteiger partial charge in [-0.3, -0.25) is 5.10 Å². The van der Waals surface area contributed by atoms with Crippen molar-refractivity contribution in [3.63, 3.8) is 0 Å². The van der Waals surface area contributed by atoms with Gasteiger partial charge >= 0.3 is 0 Å². The monoisotopic (exact) mass is 244 g/mol. The lowest BCUT2D eigenvalue weighted by Crippen LogP contribution is -2.18. The van der Waals surface area contributed by atoms with Crippen molar-refractivity contribution in [1.82, 2.24) is 20.2 Å². The molecule has 94 valence electrons. The van der Waals surface area contributed by atoms with E-state index in [4.69, 9.17) is 5.73 Å². The molecule has 6 nitrogen and oxygen atoms in total. The molecule has 0 aromatic carbocycles. The molecule has 0 aliphatic heterocycles. The summed E-state index contributed by atoms with van der Waals surface area (Å²) in [6, 6.07) is 0. The van der Waals surface area contributed by atoms with Crippen LogP contribution in [0.15, 0.2) is 6.20 Å². The minimum absolute atomic E-state index is 0.283. The molecule has 18 heavy (non-hydrogen) atoms. The summed E-state index contributed by atoms with van der Waals surface area (Å²) in [4.78, 5) is 8.39. The van der Waals surface area contributed by atoms with Gasteiger partial charge in [-0.1, -0.05) is 0 Å². The van der Waals surface area contributed by atoms with Crippen LogP contribution in [-0.2, 0) is 0 Å². The van der Waals surface area contributed by atoms with E-state index in [2.05, 4.69) is 25.5 Å². The highest BCUT2D eigenvalue weighted by molar-refractivity contribution is 5.86. The number of anilines is 2. The van der Waals surface area contributed by atoms with Crippen LogP contribution < -0.4 is 11.1 Å². The van der Waals surface area contributed by atoms with Crippen LogP contribution in [0.1, 0.15) is 25.7 Å². The van der Waals surface area contributed by atoms with Crippen molar-refractivity contribution in [2.75, 3.05) is 17.6 Å². The van der Waals surface area contributed by atoms with Gasteiger partial charge in [-0.25, -0.2) is 0 Å². The fourth-order valence-electron chi connectivity index (χ4n) is 2.83. The number of fused-ring (bicyclic) bond motifs is 1. The van der Waals surface area contributed by atoms with Gasteiger partial charge in [0, 0.05) is 6.54 Å². The van der Waals surface area contributed by atoms with Crippen LogP contribution in [0.4, 0.5) is 11.8 Å². The summed E-state index contributed by atoms with van der Waals surface area (Å²) in [6.45, 7) is 0.994. The van der Waals surface area contributed by atoms with Gasteiger partial charge in [-0.15, -0.1) is 0 Å². The molecule has 0 atom stereocenters. The SMILES string of the molecule is Nc1nc(NCC2(C3CC3)CC2)c2cn[nH]c2n1. The molecule has 2 aliphatic rings. The average molecular weight is 244 g/mol. The molecule has 0 bridgehead atoms. The Kier molecular flexibility index (Phi) is 1.87. The summed E-state index contributed by atoms with van der Waals surface area (Å²) in [5.41, 5.74) is 6.93. The van der Waals surface area contributed by atoms with Gasteiger partial charge in [0.1, 0.15) is 5.82 Å². The highest BCUT2D eigenvalue weighted by Crippen LogP contribution is 2.61. The third-order valence-electron chi connectivity index (χ3n) is 4.27. The second-order valence-electron chi connectivity index (χ2n) is 5.55. The Morgan fingerprint density at radius 2 is 2.22 bits per heavy atom. The van der Waals surface area contributed by atoms with Crippen molar-refractivity contribution in [3.05, 3.63) is 6.20 Å². The maximum atomic E-state index is 5.70. The van der Waals surface area contributed by atoms with Crippen molar-refractivity contribution in [2.45, 2.75) is 25.7 Å².